The number of benzene rings is 8. The summed E-state index contributed by atoms with van der Waals surface area (Å²) < 4.78 is 2.52. The summed E-state index contributed by atoms with van der Waals surface area (Å²) in [5.41, 5.74) is 22.2. The van der Waals surface area contributed by atoms with Crippen LogP contribution >= 0.6 is 0 Å². The van der Waals surface area contributed by atoms with E-state index < -0.39 is 0 Å². The summed E-state index contributed by atoms with van der Waals surface area (Å²) >= 11 is 0. The number of hydrogen-bond donors (Lipinski definition) is 0. The molecule has 0 fully saturated rings. The lowest BCUT2D eigenvalue weighted by Crippen LogP contribution is -2.15. The van der Waals surface area contributed by atoms with Crippen molar-refractivity contribution in [2.24, 2.45) is 0 Å². The Morgan fingerprint density at radius 1 is 0.368 bits per heavy atom. The third-order valence-electron chi connectivity index (χ3n) is 13.6. The Balaban J connectivity index is 0.999. The van der Waals surface area contributed by atoms with Crippen molar-refractivity contribution in [1.29, 1.82) is 0 Å². The minimum Gasteiger partial charge on any atom is -0.309 e. The van der Waals surface area contributed by atoms with Crippen LogP contribution in [0.4, 0.5) is 0 Å². The molecule has 0 saturated heterocycles. The van der Waals surface area contributed by atoms with Crippen LogP contribution in [0.15, 0.2) is 176 Å². The van der Waals surface area contributed by atoms with Gasteiger partial charge in [-0.3, -0.25) is 0 Å². The van der Waals surface area contributed by atoms with Gasteiger partial charge in [0.15, 0.2) is 0 Å². The monoisotopic (exact) mass is 731 g/mol. The molecule has 8 aromatic carbocycles. The minimum atomic E-state index is -0.0667. The fourth-order valence-electron chi connectivity index (χ4n) is 10.2. The van der Waals surface area contributed by atoms with E-state index in [1.165, 1.54) is 105 Å². The highest BCUT2D eigenvalue weighted by atomic mass is 15.0. The first kappa shape index (κ1) is 33.9. The van der Waals surface area contributed by atoms with Crippen molar-refractivity contribution in [2.45, 2.75) is 51.4 Å². The number of rotatable bonds is 5. The van der Waals surface area contributed by atoms with Crippen LogP contribution in [-0.4, -0.2) is 4.57 Å². The second kappa shape index (κ2) is 12.3. The van der Waals surface area contributed by atoms with Gasteiger partial charge in [-0.2, -0.15) is 0 Å². The van der Waals surface area contributed by atoms with E-state index in [9.17, 15) is 0 Å². The standard InChI is InChI=1S/C56H45N/c1-35(36-19-23-39(24-20-36)38-13-7-6-8-14-38)37-21-25-40(26-22-37)41-27-29-42(30-28-41)57-53-33-45-43-15-9-11-17-49(43)55(2,3)51(45)31-47(53)48-32-52-46(34-54(48)57)44-16-10-12-18-50(44)56(52,4)5/h6-35H,1-5H3. The van der Waals surface area contributed by atoms with Gasteiger partial charge in [0.25, 0.3) is 0 Å². The molecule has 0 radical (unpaired) electrons. The number of fused-ring (bicyclic) bond motifs is 9. The zero-order chi connectivity index (χ0) is 38.6. The van der Waals surface area contributed by atoms with E-state index in [1.54, 1.807) is 0 Å². The third kappa shape index (κ3) is 5.01. The van der Waals surface area contributed by atoms with Crippen molar-refractivity contribution >= 4 is 21.8 Å². The van der Waals surface area contributed by atoms with Crippen LogP contribution in [0.25, 0.3) is 72.0 Å². The van der Waals surface area contributed by atoms with E-state index in [0.29, 0.717) is 5.92 Å². The highest BCUT2D eigenvalue weighted by Gasteiger charge is 2.38. The van der Waals surface area contributed by atoms with Gasteiger partial charge < -0.3 is 4.57 Å². The van der Waals surface area contributed by atoms with E-state index in [1.807, 2.05) is 0 Å². The lowest BCUT2D eigenvalue weighted by Gasteiger charge is -2.22. The maximum absolute atomic E-state index is 2.52. The maximum atomic E-state index is 2.52. The van der Waals surface area contributed by atoms with E-state index in [4.69, 9.17) is 0 Å². The molecule has 2 aliphatic carbocycles. The molecule has 2 aliphatic rings. The van der Waals surface area contributed by atoms with Gasteiger partial charge in [-0.1, -0.05) is 174 Å². The maximum Gasteiger partial charge on any atom is 0.0547 e. The summed E-state index contributed by atoms with van der Waals surface area (Å²) in [6.45, 7) is 11.8. The Hall–Kier alpha value is -6.44. The first-order valence-corrected chi connectivity index (χ1v) is 20.4. The molecular weight excluding hydrogens is 687 g/mol. The van der Waals surface area contributed by atoms with Crippen molar-refractivity contribution in [2.75, 3.05) is 0 Å². The zero-order valence-corrected chi connectivity index (χ0v) is 33.3. The van der Waals surface area contributed by atoms with Gasteiger partial charge in [0.2, 0.25) is 0 Å². The molecule has 274 valence electrons. The molecule has 0 spiro atoms. The summed E-state index contributed by atoms with van der Waals surface area (Å²) in [4.78, 5) is 0. The average molecular weight is 732 g/mol. The molecule has 1 heteroatoms. The van der Waals surface area contributed by atoms with Gasteiger partial charge in [-0.15, -0.1) is 0 Å². The molecule has 1 atom stereocenters. The van der Waals surface area contributed by atoms with Crippen LogP contribution in [0.1, 0.15) is 73.9 Å². The Morgan fingerprint density at radius 3 is 1.21 bits per heavy atom. The third-order valence-corrected chi connectivity index (χ3v) is 13.6. The number of nitrogens with zero attached hydrogens (tertiary/aromatic N) is 1. The van der Waals surface area contributed by atoms with Gasteiger partial charge in [-0.05, 0) is 114 Å². The number of aromatic nitrogens is 1. The SMILES string of the molecule is CC(c1ccc(-c2ccccc2)cc1)c1ccc(-c2ccc(-n3c4cc5c(cc4c4cc6c(cc43)-c3ccccc3C6(C)C)C(C)(C)c3ccccc3-5)cc2)cc1. The van der Waals surface area contributed by atoms with Crippen LogP contribution in [0.5, 0.6) is 0 Å². The predicted molar refractivity (Wildman–Crippen MR) is 241 cm³/mol. The largest absolute Gasteiger partial charge is 0.309 e. The fourth-order valence-corrected chi connectivity index (χ4v) is 10.2. The van der Waals surface area contributed by atoms with E-state index in [2.05, 4.69) is 215 Å². The molecule has 1 aromatic heterocycles. The van der Waals surface area contributed by atoms with Crippen LogP contribution in [0.2, 0.25) is 0 Å². The van der Waals surface area contributed by atoms with Crippen LogP contribution < -0.4 is 0 Å². The van der Waals surface area contributed by atoms with Gasteiger partial charge in [-0.25, -0.2) is 0 Å². The Bertz CT molecular complexity index is 2910. The smallest absolute Gasteiger partial charge is 0.0547 e. The Labute approximate surface area is 335 Å². The molecule has 1 heterocycles. The Kier molecular flexibility index (Phi) is 7.29. The average Bonchev–Trinajstić information content (AvgIpc) is 3.78. The van der Waals surface area contributed by atoms with E-state index >= 15 is 0 Å². The molecule has 0 saturated carbocycles. The highest BCUT2D eigenvalue weighted by molar-refractivity contribution is 6.13. The molecule has 1 unspecified atom stereocenters. The summed E-state index contributed by atoms with van der Waals surface area (Å²) in [5, 5.41) is 2.64. The van der Waals surface area contributed by atoms with Crippen molar-refractivity contribution in [3.05, 3.63) is 209 Å². The van der Waals surface area contributed by atoms with E-state index in [-0.39, 0.29) is 10.8 Å². The zero-order valence-electron chi connectivity index (χ0n) is 33.3. The lowest BCUT2D eigenvalue weighted by atomic mass is 9.81. The number of hydrogen-bond acceptors (Lipinski definition) is 0. The first-order valence-electron chi connectivity index (χ1n) is 20.4. The summed E-state index contributed by atoms with van der Waals surface area (Å²) in [6.07, 6.45) is 0. The molecule has 0 bridgehead atoms. The van der Waals surface area contributed by atoms with Crippen LogP contribution in [0.3, 0.4) is 0 Å². The molecule has 57 heavy (non-hydrogen) atoms. The second-order valence-electron chi connectivity index (χ2n) is 17.4. The summed E-state index contributed by atoms with van der Waals surface area (Å²) in [5.74, 6) is 0.305. The summed E-state index contributed by atoms with van der Waals surface area (Å²) in [6, 6.07) is 66.0. The second-order valence-corrected chi connectivity index (χ2v) is 17.4. The van der Waals surface area contributed by atoms with Crippen LogP contribution in [-0.2, 0) is 10.8 Å². The molecule has 1 nitrogen and oxygen atoms in total. The fraction of sp³-hybridized carbons (Fsp3) is 0.143. The predicted octanol–water partition coefficient (Wildman–Crippen LogP) is 14.9. The molecule has 9 aromatic rings. The molecule has 0 amide bonds. The molecular formula is C56H45N. The molecule has 0 aliphatic heterocycles. The van der Waals surface area contributed by atoms with Gasteiger partial charge in [0, 0.05) is 33.2 Å². The van der Waals surface area contributed by atoms with Gasteiger partial charge >= 0.3 is 0 Å². The van der Waals surface area contributed by atoms with Gasteiger partial charge in [0.05, 0.1) is 11.0 Å². The normalized spacial score (nSPS) is 15.0. The van der Waals surface area contributed by atoms with E-state index in [0.717, 1.165) is 0 Å². The van der Waals surface area contributed by atoms with Crippen LogP contribution in [0, 0.1) is 0 Å². The van der Waals surface area contributed by atoms with Crippen molar-refractivity contribution < 1.29 is 0 Å². The highest BCUT2D eigenvalue weighted by Crippen LogP contribution is 2.54. The van der Waals surface area contributed by atoms with Crippen molar-refractivity contribution in [1.82, 2.24) is 4.57 Å². The topological polar surface area (TPSA) is 4.93 Å². The minimum absolute atomic E-state index is 0.0667. The summed E-state index contributed by atoms with van der Waals surface area (Å²) in [7, 11) is 0. The quantitative estimate of drug-likeness (QED) is 0.166. The first-order chi connectivity index (χ1) is 27.7. The Morgan fingerprint density at radius 2 is 0.754 bits per heavy atom. The molecule has 11 rings (SSSR count). The lowest BCUT2D eigenvalue weighted by molar-refractivity contribution is 0.660. The van der Waals surface area contributed by atoms with Crippen molar-refractivity contribution in [3.8, 4) is 50.2 Å². The van der Waals surface area contributed by atoms with Gasteiger partial charge in [0.1, 0.15) is 0 Å². The van der Waals surface area contributed by atoms with Crippen molar-refractivity contribution in [3.63, 3.8) is 0 Å². The molecule has 0 N–H and O–H groups in total.